The van der Waals surface area contributed by atoms with Crippen molar-refractivity contribution in [3.8, 4) is 0 Å². The van der Waals surface area contributed by atoms with Crippen LogP contribution in [0.5, 0.6) is 0 Å². The second-order valence-electron chi connectivity index (χ2n) is 4.97. The fourth-order valence-corrected chi connectivity index (χ4v) is 2.19. The van der Waals surface area contributed by atoms with Gasteiger partial charge in [-0.3, -0.25) is 0 Å². The topological polar surface area (TPSA) is 24.5 Å². The molecule has 1 N–H and O–H groups in total. The Bertz CT molecular complexity index is 173. The summed E-state index contributed by atoms with van der Waals surface area (Å²) in [4.78, 5) is 2.36. The number of ether oxygens (including phenoxy) is 1. The molecule has 0 aromatic heterocycles. The van der Waals surface area contributed by atoms with E-state index in [2.05, 4.69) is 38.0 Å². The van der Waals surface area contributed by atoms with Crippen LogP contribution in [0.4, 0.5) is 0 Å². The van der Waals surface area contributed by atoms with Crippen LogP contribution in [-0.2, 0) is 4.74 Å². The molecule has 3 nitrogen and oxygen atoms in total. The van der Waals surface area contributed by atoms with Crippen LogP contribution in [0.25, 0.3) is 0 Å². The predicted molar refractivity (Wildman–Crippen MR) is 64.2 cm³/mol. The van der Waals surface area contributed by atoms with Crippen LogP contribution in [0.15, 0.2) is 0 Å². The molecule has 1 aliphatic rings. The lowest BCUT2D eigenvalue weighted by Crippen LogP contribution is -2.51. The highest BCUT2D eigenvalue weighted by atomic mass is 16.5. The van der Waals surface area contributed by atoms with Crippen molar-refractivity contribution in [1.29, 1.82) is 0 Å². The maximum atomic E-state index is 5.86. The number of nitrogens with one attached hydrogen (secondary N) is 1. The highest BCUT2D eigenvalue weighted by Gasteiger charge is 2.26. The van der Waals surface area contributed by atoms with E-state index in [0.29, 0.717) is 12.1 Å². The standard InChI is InChI=1S/C12H26N2O/c1-5-13-11(8-10(2)3)12-9-14(4)6-7-15-12/h10-13H,5-9H2,1-4H3. The van der Waals surface area contributed by atoms with Crippen molar-refractivity contribution in [2.45, 2.75) is 39.3 Å². The first-order valence-corrected chi connectivity index (χ1v) is 6.17. The quantitative estimate of drug-likeness (QED) is 0.747. The molecule has 0 bridgehead atoms. The number of likely N-dealkylation sites (N-methyl/N-ethyl adjacent to an activating group) is 2. The maximum Gasteiger partial charge on any atom is 0.0855 e. The molecule has 90 valence electrons. The smallest absolute Gasteiger partial charge is 0.0855 e. The summed E-state index contributed by atoms with van der Waals surface area (Å²) in [5.41, 5.74) is 0. The van der Waals surface area contributed by atoms with E-state index in [1.807, 2.05) is 0 Å². The zero-order chi connectivity index (χ0) is 11.3. The van der Waals surface area contributed by atoms with Crippen molar-refractivity contribution >= 4 is 0 Å². The Morgan fingerprint density at radius 1 is 1.47 bits per heavy atom. The van der Waals surface area contributed by atoms with Gasteiger partial charge < -0.3 is 15.0 Å². The van der Waals surface area contributed by atoms with Crippen molar-refractivity contribution in [3.63, 3.8) is 0 Å². The van der Waals surface area contributed by atoms with Gasteiger partial charge in [0.25, 0.3) is 0 Å². The van der Waals surface area contributed by atoms with Crippen LogP contribution >= 0.6 is 0 Å². The molecule has 1 heterocycles. The molecular weight excluding hydrogens is 188 g/mol. The molecule has 2 atom stereocenters. The molecule has 1 rings (SSSR count). The zero-order valence-corrected chi connectivity index (χ0v) is 10.6. The molecule has 2 unspecified atom stereocenters. The van der Waals surface area contributed by atoms with Gasteiger partial charge in [-0.05, 0) is 25.9 Å². The molecule has 3 heteroatoms. The third kappa shape index (κ3) is 4.49. The van der Waals surface area contributed by atoms with Crippen molar-refractivity contribution < 1.29 is 4.74 Å². The Balaban J connectivity index is 2.45. The van der Waals surface area contributed by atoms with Gasteiger partial charge in [0.15, 0.2) is 0 Å². The van der Waals surface area contributed by atoms with Crippen LogP contribution in [0.2, 0.25) is 0 Å². The number of hydrogen-bond acceptors (Lipinski definition) is 3. The average Bonchev–Trinajstić information content (AvgIpc) is 2.16. The molecular formula is C12H26N2O. The zero-order valence-electron chi connectivity index (χ0n) is 10.6. The molecule has 0 aromatic carbocycles. The average molecular weight is 214 g/mol. The molecule has 1 fully saturated rings. The minimum absolute atomic E-state index is 0.367. The Hall–Kier alpha value is -0.120. The maximum absolute atomic E-state index is 5.86. The number of nitrogens with zero attached hydrogens (tertiary/aromatic N) is 1. The summed E-state index contributed by atoms with van der Waals surface area (Å²) in [5.74, 6) is 0.727. The van der Waals surface area contributed by atoms with Gasteiger partial charge >= 0.3 is 0 Å². The molecule has 15 heavy (non-hydrogen) atoms. The van der Waals surface area contributed by atoms with E-state index in [-0.39, 0.29) is 0 Å². The van der Waals surface area contributed by atoms with Crippen LogP contribution in [0.1, 0.15) is 27.2 Å². The summed E-state index contributed by atoms with van der Waals surface area (Å²) in [5, 5.41) is 3.55. The van der Waals surface area contributed by atoms with Crippen molar-refractivity contribution in [2.75, 3.05) is 33.3 Å². The predicted octanol–water partition coefficient (Wildman–Crippen LogP) is 1.34. The third-order valence-corrected chi connectivity index (χ3v) is 2.94. The van der Waals surface area contributed by atoms with Crippen molar-refractivity contribution in [1.82, 2.24) is 10.2 Å². The second-order valence-corrected chi connectivity index (χ2v) is 4.97. The summed E-state index contributed by atoms with van der Waals surface area (Å²) in [6.45, 7) is 10.7. The highest BCUT2D eigenvalue weighted by Crippen LogP contribution is 2.14. The number of morpholine rings is 1. The monoisotopic (exact) mass is 214 g/mol. The Kier molecular flexibility index (Phi) is 5.58. The van der Waals surface area contributed by atoms with E-state index >= 15 is 0 Å². The molecule has 1 aliphatic heterocycles. The lowest BCUT2D eigenvalue weighted by Gasteiger charge is -2.36. The first-order chi connectivity index (χ1) is 7.13. The minimum atomic E-state index is 0.367. The Morgan fingerprint density at radius 3 is 2.73 bits per heavy atom. The number of rotatable bonds is 5. The first kappa shape index (κ1) is 12.9. The van der Waals surface area contributed by atoms with E-state index in [0.717, 1.165) is 32.2 Å². The normalized spacial score (nSPS) is 25.8. The number of hydrogen-bond donors (Lipinski definition) is 1. The first-order valence-electron chi connectivity index (χ1n) is 6.17. The summed E-state index contributed by atoms with van der Waals surface area (Å²) in [6, 6.07) is 0.512. The molecule has 0 radical (unpaired) electrons. The lowest BCUT2D eigenvalue weighted by molar-refractivity contribution is -0.0415. The van der Waals surface area contributed by atoms with Gasteiger partial charge in [0.05, 0.1) is 12.7 Å². The van der Waals surface area contributed by atoms with Crippen LogP contribution in [-0.4, -0.2) is 50.3 Å². The highest BCUT2D eigenvalue weighted by molar-refractivity contribution is 4.82. The lowest BCUT2D eigenvalue weighted by atomic mass is 9.98. The van der Waals surface area contributed by atoms with E-state index in [9.17, 15) is 0 Å². The SMILES string of the molecule is CCNC(CC(C)C)C1CN(C)CCO1. The summed E-state index contributed by atoms with van der Waals surface area (Å²) in [7, 11) is 2.17. The third-order valence-electron chi connectivity index (χ3n) is 2.94. The minimum Gasteiger partial charge on any atom is -0.374 e. The largest absolute Gasteiger partial charge is 0.374 e. The summed E-state index contributed by atoms with van der Waals surface area (Å²) < 4.78 is 5.86. The van der Waals surface area contributed by atoms with Crippen molar-refractivity contribution in [3.05, 3.63) is 0 Å². The van der Waals surface area contributed by atoms with Gasteiger partial charge in [-0.25, -0.2) is 0 Å². The molecule has 0 saturated carbocycles. The van der Waals surface area contributed by atoms with Gasteiger partial charge in [-0.15, -0.1) is 0 Å². The van der Waals surface area contributed by atoms with Gasteiger partial charge in [-0.1, -0.05) is 20.8 Å². The molecule has 0 aliphatic carbocycles. The van der Waals surface area contributed by atoms with E-state index in [1.54, 1.807) is 0 Å². The fourth-order valence-electron chi connectivity index (χ4n) is 2.19. The van der Waals surface area contributed by atoms with E-state index in [4.69, 9.17) is 4.74 Å². The second kappa shape index (κ2) is 6.46. The van der Waals surface area contributed by atoms with Crippen LogP contribution in [0.3, 0.4) is 0 Å². The van der Waals surface area contributed by atoms with Gasteiger partial charge in [0.2, 0.25) is 0 Å². The summed E-state index contributed by atoms with van der Waals surface area (Å²) in [6.07, 6.45) is 1.57. The molecule has 0 aromatic rings. The van der Waals surface area contributed by atoms with Crippen LogP contribution < -0.4 is 5.32 Å². The molecule has 0 spiro atoms. The molecule has 0 amide bonds. The molecule has 1 saturated heterocycles. The van der Waals surface area contributed by atoms with Gasteiger partial charge in [0, 0.05) is 19.1 Å². The summed E-state index contributed by atoms with van der Waals surface area (Å²) >= 11 is 0. The Labute approximate surface area is 94.2 Å². The fraction of sp³-hybridized carbons (Fsp3) is 1.00. The van der Waals surface area contributed by atoms with Crippen LogP contribution in [0, 0.1) is 5.92 Å². The van der Waals surface area contributed by atoms with E-state index in [1.165, 1.54) is 6.42 Å². The Morgan fingerprint density at radius 2 is 2.20 bits per heavy atom. The van der Waals surface area contributed by atoms with Crippen molar-refractivity contribution in [2.24, 2.45) is 5.92 Å². The van der Waals surface area contributed by atoms with E-state index < -0.39 is 0 Å². The van der Waals surface area contributed by atoms with Gasteiger partial charge in [-0.2, -0.15) is 0 Å². The van der Waals surface area contributed by atoms with Gasteiger partial charge in [0.1, 0.15) is 0 Å².